The first-order valence-corrected chi connectivity index (χ1v) is 7.67. The van der Waals surface area contributed by atoms with Gasteiger partial charge in [0.15, 0.2) is 0 Å². The fourth-order valence-electron chi connectivity index (χ4n) is 2.57. The molecule has 0 bridgehead atoms. The van der Waals surface area contributed by atoms with Crippen molar-refractivity contribution in [3.63, 3.8) is 0 Å². The summed E-state index contributed by atoms with van der Waals surface area (Å²) in [5, 5.41) is 15.3. The van der Waals surface area contributed by atoms with Crippen LogP contribution in [0.25, 0.3) is 0 Å². The van der Waals surface area contributed by atoms with Crippen LogP contribution in [0.4, 0.5) is 5.69 Å². The molecule has 3 N–H and O–H groups in total. The summed E-state index contributed by atoms with van der Waals surface area (Å²) in [5.41, 5.74) is 1.84. The molecule has 2 atom stereocenters. The Bertz CT molecular complexity index is 691. The maximum absolute atomic E-state index is 12.1. The lowest BCUT2D eigenvalue weighted by Gasteiger charge is -2.12. The zero-order valence-electron chi connectivity index (χ0n) is 13.4. The number of aryl methyl sites for hydroxylation is 1. The lowest BCUT2D eigenvalue weighted by atomic mass is 10.2. The number of anilines is 1. The maximum Gasteiger partial charge on any atom is 0.241 e. The zero-order chi connectivity index (χ0) is 16.2. The summed E-state index contributed by atoms with van der Waals surface area (Å²) in [6.07, 6.45) is -0.00345. The molecule has 24 heavy (non-hydrogen) atoms. The highest BCUT2D eigenvalue weighted by Crippen LogP contribution is 2.24. The minimum atomic E-state index is -0.448. The van der Waals surface area contributed by atoms with Crippen LogP contribution in [0.15, 0.2) is 48.5 Å². The van der Waals surface area contributed by atoms with Crippen LogP contribution in [0.2, 0.25) is 0 Å². The smallest absolute Gasteiger partial charge is 0.241 e. The molecular weight excluding hydrogens is 328 g/mol. The maximum atomic E-state index is 12.1. The van der Waals surface area contributed by atoms with Gasteiger partial charge in [-0.15, -0.1) is 12.4 Å². The third-order valence-electron chi connectivity index (χ3n) is 3.77. The zero-order valence-corrected chi connectivity index (χ0v) is 14.2. The second-order valence-corrected chi connectivity index (χ2v) is 5.78. The van der Waals surface area contributed by atoms with Gasteiger partial charge < -0.3 is 20.5 Å². The van der Waals surface area contributed by atoms with Crippen molar-refractivity contribution in [2.75, 3.05) is 11.9 Å². The molecule has 2 unspecified atom stereocenters. The predicted molar refractivity (Wildman–Crippen MR) is 96.0 cm³/mol. The van der Waals surface area contributed by atoms with E-state index in [0.717, 1.165) is 11.3 Å². The van der Waals surface area contributed by atoms with Crippen molar-refractivity contribution >= 4 is 24.0 Å². The first-order valence-electron chi connectivity index (χ1n) is 7.67. The van der Waals surface area contributed by atoms with Gasteiger partial charge in [0.05, 0.1) is 12.1 Å². The predicted octanol–water partition coefficient (Wildman–Crippen LogP) is 2.87. The van der Waals surface area contributed by atoms with Crippen LogP contribution in [-0.4, -0.2) is 29.7 Å². The van der Waals surface area contributed by atoms with E-state index in [1.54, 1.807) is 12.1 Å². The Balaban J connectivity index is 0.00000208. The minimum absolute atomic E-state index is 0. The average molecular weight is 349 g/mol. The number of rotatable bonds is 4. The monoisotopic (exact) mass is 348 g/mol. The molecule has 5 nitrogen and oxygen atoms in total. The normalized spacial score (nSPS) is 19.4. The Morgan fingerprint density at radius 2 is 1.96 bits per heavy atom. The molecule has 0 spiro atoms. The molecule has 1 amide bonds. The minimum Gasteiger partial charge on any atom is -0.457 e. The van der Waals surface area contributed by atoms with Gasteiger partial charge >= 0.3 is 0 Å². The van der Waals surface area contributed by atoms with E-state index in [9.17, 15) is 9.90 Å². The van der Waals surface area contributed by atoms with E-state index in [2.05, 4.69) is 10.6 Å². The Morgan fingerprint density at radius 3 is 2.58 bits per heavy atom. The molecule has 1 aliphatic rings. The lowest BCUT2D eigenvalue weighted by Crippen LogP contribution is -2.35. The highest BCUT2D eigenvalue weighted by Gasteiger charge is 2.27. The fourth-order valence-corrected chi connectivity index (χ4v) is 2.57. The SMILES string of the molecule is Cc1cccc(Oc2ccc(NC(=O)C3CC(O)CN3)cc2)c1.Cl. The summed E-state index contributed by atoms with van der Waals surface area (Å²) in [6, 6.07) is 14.7. The summed E-state index contributed by atoms with van der Waals surface area (Å²) in [4.78, 5) is 12.1. The topological polar surface area (TPSA) is 70.6 Å². The van der Waals surface area contributed by atoms with Gasteiger partial charge in [0, 0.05) is 12.2 Å². The molecule has 1 heterocycles. The molecule has 0 aromatic heterocycles. The van der Waals surface area contributed by atoms with E-state index in [0.29, 0.717) is 24.4 Å². The number of hydrogen-bond acceptors (Lipinski definition) is 4. The highest BCUT2D eigenvalue weighted by atomic mass is 35.5. The van der Waals surface area contributed by atoms with Gasteiger partial charge in [0.1, 0.15) is 11.5 Å². The van der Waals surface area contributed by atoms with Crippen molar-refractivity contribution in [3.8, 4) is 11.5 Å². The molecular formula is C18H21ClN2O3. The van der Waals surface area contributed by atoms with E-state index in [1.165, 1.54) is 0 Å². The van der Waals surface area contributed by atoms with E-state index in [-0.39, 0.29) is 24.4 Å². The summed E-state index contributed by atoms with van der Waals surface area (Å²) >= 11 is 0. The van der Waals surface area contributed by atoms with E-state index < -0.39 is 6.10 Å². The van der Waals surface area contributed by atoms with Crippen molar-refractivity contribution in [2.24, 2.45) is 0 Å². The van der Waals surface area contributed by atoms with E-state index in [4.69, 9.17) is 4.74 Å². The van der Waals surface area contributed by atoms with Crippen LogP contribution in [0, 0.1) is 6.92 Å². The van der Waals surface area contributed by atoms with E-state index >= 15 is 0 Å². The van der Waals surface area contributed by atoms with Crippen LogP contribution in [0.5, 0.6) is 11.5 Å². The van der Waals surface area contributed by atoms with Crippen molar-refractivity contribution in [3.05, 3.63) is 54.1 Å². The van der Waals surface area contributed by atoms with Gasteiger partial charge in [-0.05, 0) is 55.3 Å². The van der Waals surface area contributed by atoms with Crippen LogP contribution in [-0.2, 0) is 4.79 Å². The van der Waals surface area contributed by atoms with Gasteiger partial charge in [0.2, 0.25) is 5.91 Å². The van der Waals surface area contributed by atoms with Gasteiger partial charge in [-0.2, -0.15) is 0 Å². The van der Waals surface area contributed by atoms with Crippen molar-refractivity contribution in [2.45, 2.75) is 25.5 Å². The van der Waals surface area contributed by atoms with Crippen LogP contribution in [0.3, 0.4) is 0 Å². The molecule has 6 heteroatoms. The summed E-state index contributed by atoms with van der Waals surface area (Å²) in [6.45, 7) is 2.47. The molecule has 2 aromatic rings. The average Bonchev–Trinajstić information content (AvgIpc) is 2.96. The number of aliphatic hydroxyl groups is 1. The number of carbonyl (C=O) groups excluding carboxylic acids is 1. The first-order chi connectivity index (χ1) is 11.1. The standard InChI is InChI=1S/C18H20N2O3.ClH/c1-12-3-2-4-16(9-12)23-15-7-5-13(6-8-15)20-18(22)17-10-14(21)11-19-17;/h2-9,14,17,19,21H,10-11H2,1H3,(H,20,22);1H. The van der Waals surface area contributed by atoms with Crippen LogP contribution < -0.4 is 15.4 Å². The Kier molecular flexibility index (Phi) is 6.20. The van der Waals surface area contributed by atoms with Crippen molar-refractivity contribution < 1.29 is 14.6 Å². The largest absolute Gasteiger partial charge is 0.457 e. The Morgan fingerprint density at radius 1 is 1.21 bits per heavy atom. The lowest BCUT2D eigenvalue weighted by molar-refractivity contribution is -0.117. The second kappa shape index (κ2) is 8.15. The number of amides is 1. The Hall–Kier alpha value is -2.08. The third-order valence-corrected chi connectivity index (χ3v) is 3.77. The van der Waals surface area contributed by atoms with E-state index in [1.807, 2.05) is 43.3 Å². The molecule has 0 saturated carbocycles. The first kappa shape index (κ1) is 18.3. The number of hydrogen-bond donors (Lipinski definition) is 3. The van der Waals surface area contributed by atoms with Crippen molar-refractivity contribution in [1.29, 1.82) is 0 Å². The molecule has 0 aliphatic carbocycles. The number of carbonyl (C=O) groups is 1. The third kappa shape index (κ3) is 4.71. The number of nitrogens with one attached hydrogen (secondary N) is 2. The van der Waals surface area contributed by atoms with Crippen LogP contribution >= 0.6 is 12.4 Å². The molecule has 3 rings (SSSR count). The van der Waals surface area contributed by atoms with Crippen LogP contribution in [0.1, 0.15) is 12.0 Å². The molecule has 1 aliphatic heterocycles. The van der Waals surface area contributed by atoms with Gasteiger partial charge in [-0.3, -0.25) is 4.79 Å². The molecule has 1 fully saturated rings. The van der Waals surface area contributed by atoms with Gasteiger partial charge in [-0.25, -0.2) is 0 Å². The summed E-state index contributed by atoms with van der Waals surface area (Å²) < 4.78 is 5.77. The quantitative estimate of drug-likeness (QED) is 0.794. The number of β-amino-alcohol motifs (C(OH)–C–C–N with tert-alkyl or cyclic N) is 1. The number of halogens is 1. The molecule has 1 saturated heterocycles. The highest BCUT2D eigenvalue weighted by molar-refractivity contribution is 5.95. The fraction of sp³-hybridized carbons (Fsp3) is 0.278. The molecule has 0 radical (unpaired) electrons. The second-order valence-electron chi connectivity index (χ2n) is 5.78. The number of ether oxygens (including phenoxy) is 1. The summed E-state index contributed by atoms with van der Waals surface area (Å²) in [7, 11) is 0. The van der Waals surface area contributed by atoms with Gasteiger partial charge in [-0.1, -0.05) is 12.1 Å². The molecule has 2 aromatic carbocycles. The number of benzene rings is 2. The molecule has 128 valence electrons. The van der Waals surface area contributed by atoms with Gasteiger partial charge in [0.25, 0.3) is 0 Å². The Labute approximate surface area is 147 Å². The summed E-state index contributed by atoms with van der Waals surface area (Å²) in [5.74, 6) is 1.36. The number of aliphatic hydroxyl groups excluding tert-OH is 1. The van der Waals surface area contributed by atoms with Crippen molar-refractivity contribution in [1.82, 2.24) is 5.32 Å².